The highest BCUT2D eigenvalue weighted by molar-refractivity contribution is 6.01. The molecule has 6 nitrogen and oxygen atoms in total. The maximum atomic E-state index is 12.7. The van der Waals surface area contributed by atoms with Gasteiger partial charge in [-0.15, -0.1) is 0 Å². The highest BCUT2D eigenvalue weighted by Crippen LogP contribution is 2.35. The molecule has 0 aromatic heterocycles. The van der Waals surface area contributed by atoms with Crippen LogP contribution in [0.1, 0.15) is 42.4 Å². The molecule has 174 valence electrons. The first-order valence-electron chi connectivity index (χ1n) is 11.9. The molecule has 1 saturated heterocycles. The predicted molar refractivity (Wildman–Crippen MR) is 135 cm³/mol. The van der Waals surface area contributed by atoms with E-state index in [1.54, 1.807) is 4.90 Å². The lowest BCUT2D eigenvalue weighted by Gasteiger charge is -2.33. The van der Waals surface area contributed by atoms with Gasteiger partial charge in [0.05, 0.1) is 11.4 Å². The van der Waals surface area contributed by atoms with Gasteiger partial charge < -0.3 is 10.6 Å². The number of para-hydroxylation sites is 1. The minimum absolute atomic E-state index is 0.0503. The van der Waals surface area contributed by atoms with Crippen LogP contribution in [-0.2, 0) is 17.9 Å². The van der Waals surface area contributed by atoms with E-state index >= 15 is 0 Å². The number of piperidine rings is 1. The topological polar surface area (TPSA) is 64.7 Å². The van der Waals surface area contributed by atoms with Crippen LogP contribution in [0.15, 0.2) is 72.8 Å². The summed E-state index contributed by atoms with van der Waals surface area (Å²) in [7, 11) is 0. The Morgan fingerprint density at radius 1 is 1.00 bits per heavy atom. The van der Waals surface area contributed by atoms with Crippen molar-refractivity contribution in [3.63, 3.8) is 0 Å². The Hall–Kier alpha value is -3.64. The zero-order valence-corrected chi connectivity index (χ0v) is 19.5. The van der Waals surface area contributed by atoms with Gasteiger partial charge in [-0.3, -0.25) is 14.6 Å². The number of fused-ring (bicyclic) bond motifs is 1. The highest BCUT2D eigenvalue weighted by atomic mass is 16.2. The Labute approximate surface area is 200 Å². The minimum atomic E-state index is -0.0767. The molecule has 2 aliphatic heterocycles. The monoisotopic (exact) mass is 454 g/mol. The van der Waals surface area contributed by atoms with Gasteiger partial charge in [0, 0.05) is 25.7 Å². The summed E-state index contributed by atoms with van der Waals surface area (Å²) in [6.07, 6.45) is 2.16. The SMILES string of the molecule is CC(=O)Nc1cccc(CN2CCC(c3cccc(N4C(=O)NCc5ccccc54)c3)CC2)c1. The van der Waals surface area contributed by atoms with Crippen molar-refractivity contribution in [2.75, 3.05) is 23.3 Å². The molecule has 34 heavy (non-hydrogen) atoms. The summed E-state index contributed by atoms with van der Waals surface area (Å²) in [5, 5.41) is 5.85. The fourth-order valence-corrected chi connectivity index (χ4v) is 5.05. The molecule has 0 aliphatic carbocycles. The Kier molecular flexibility index (Phi) is 6.32. The standard InChI is InChI=1S/C28H30N4O2/c1-20(33)30-25-9-4-6-21(16-25)19-31-14-12-22(13-15-31)23-8-5-10-26(17-23)32-27-11-3-2-7-24(27)18-29-28(32)34/h2-11,16-17,22H,12-15,18-19H2,1H3,(H,29,34)(H,30,33). The summed E-state index contributed by atoms with van der Waals surface area (Å²) in [6, 6.07) is 24.5. The van der Waals surface area contributed by atoms with Crippen LogP contribution in [0, 0.1) is 0 Å². The molecule has 1 fully saturated rings. The first-order valence-corrected chi connectivity index (χ1v) is 11.9. The minimum Gasteiger partial charge on any atom is -0.333 e. The summed E-state index contributed by atoms with van der Waals surface area (Å²) < 4.78 is 0. The quantitative estimate of drug-likeness (QED) is 0.544. The second-order valence-electron chi connectivity index (χ2n) is 9.15. The maximum Gasteiger partial charge on any atom is 0.326 e. The molecule has 0 bridgehead atoms. The Morgan fingerprint density at radius 3 is 2.62 bits per heavy atom. The van der Waals surface area contributed by atoms with Crippen molar-refractivity contribution >= 4 is 29.0 Å². The molecule has 2 N–H and O–H groups in total. The third kappa shape index (κ3) is 4.82. The Balaban J connectivity index is 1.26. The van der Waals surface area contributed by atoms with Gasteiger partial charge >= 0.3 is 6.03 Å². The summed E-state index contributed by atoms with van der Waals surface area (Å²) in [4.78, 5) is 28.3. The zero-order valence-electron chi connectivity index (χ0n) is 19.5. The van der Waals surface area contributed by atoms with E-state index in [-0.39, 0.29) is 11.9 Å². The van der Waals surface area contributed by atoms with Gasteiger partial charge in [-0.1, -0.05) is 42.5 Å². The van der Waals surface area contributed by atoms with Gasteiger partial charge in [-0.2, -0.15) is 0 Å². The van der Waals surface area contributed by atoms with Crippen molar-refractivity contribution in [2.24, 2.45) is 0 Å². The first kappa shape index (κ1) is 22.2. The number of nitrogens with zero attached hydrogens (tertiary/aromatic N) is 2. The molecule has 0 spiro atoms. The van der Waals surface area contributed by atoms with Crippen molar-refractivity contribution < 1.29 is 9.59 Å². The second kappa shape index (κ2) is 9.69. The number of hydrogen-bond acceptors (Lipinski definition) is 3. The number of urea groups is 1. The lowest BCUT2D eigenvalue weighted by atomic mass is 9.89. The number of anilines is 3. The van der Waals surface area contributed by atoms with Crippen LogP contribution < -0.4 is 15.5 Å². The third-order valence-corrected chi connectivity index (χ3v) is 6.71. The van der Waals surface area contributed by atoms with E-state index in [1.807, 2.05) is 36.4 Å². The molecule has 0 radical (unpaired) electrons. The zero-order chi connectivity index (χ0) is 23.5. The first-order chi connectivity index (χ1) is 16.6. The molecule has 3 aromatic carbocycles. The van der Waals surface area contributed by atoms with Crippen LogP contribution in [0.2, 0.25) is 0 Å². The average molecular weight is 455 g/mol. The average Bonchev–Trinajstić information content (AvgIpc) is 2.84. The van der Waals surface area contributed by atoms with Crippen molar-refractivity contribution in [2.45, 2.75) is 38.8 Å². The van der Waals surface area contributed by atoms with Crippen LogP contribution >= 0.6 is 0 Å². The molecular weight excluding hydrogens is 424 g/mol. The number of likely N-dealkylation sites (tertiary alicyclic amines) is 1. The van der Waals surface area contributed by atoms with Crippen molar-refractivity contribution in [3.8, 4) is 0 Å². The molecule has 5 rings (SSSR count). The number of nitrogens with one attached hydrogen (secondary N) is 2. The molecule has 2 aliphatic rings. The van der Waals surface area contributed by atoms with E-state index < -0.39 is 0 Å². The summed E-state index contributed by atoms with van der Waals surface area (Å²) in [6.45, 7) is 5.02. The highest BCUT2D eigenvalue weighted by Gasteiger charge is 2.26. The van der Waals surface area contributed by atoms with E-state index in [4.69, 9.17) is 0 Å². The summed E-state index contributed by atoms with van der Waals surface area (Å²) in [5.74, 6) is 0.427. The molecule has 6 heteroatoms. The molecular formula is C28H30N4O2. The van der Waals surface area contributed by atoms with Crippen LogP contribution in [0.4, 0.5) is 21.9 Å². The Morgan fingerprint density at radius 2 is 1.79 bits per heavy atom. The van der Waals surface area contributed by atoms with Crippen LogP contribution in [0.3, 0.4) is 0 Å². The molecule has 2 heterocycles. The van der Waals surface area contributed by atoms with Crippen molar-refractivity contribution in [3.05, 3.63) is 89.5 Å². The normalized spacial score (nSPS) is 16.6. The smallest absolute Gasteiger partial charge is 0.326 e. The fourth-order valence-electron chi connectivity index (χ4n) is 5.05. The van der Waals surface area contributed by atoms with Gasteiger partial charge in [0.1, 0.15) is 0 Å². The Bertz CT molecular complexity index is 1200. The summed E-state index contributed by atoms with van der Waals surface area (Å²) in [5.41, 5.74) is 6.35. The molecule has 0 atom stereocenters. The van der Waals surface area contributed by atoms with Crippen LogP contribution in [0.25, 0.3) is 0 Å². The molecule has 3 amide bonds. The van der Waals surface area contributed by atoms with Gasteiger partial charge in [0.15, 0.2) is 0 Å². The number of carbonyl (C=O) groups is 2. The number of hydrogen-bond donors (Lipinski definition) is 2. The molecule has 3 aromatic rings. The van der Waals surface area contributed by atoms with Crippen molar-refractivity contribution in [1.82, 2.24) is 10.2 Å². The van der Waals surface area contributed by atoms with Gasteiger partial charge in [-0.25, -0.2) is 4.79 Å². The van der Waals surface area contributed by atoms with E-state index in [2.05, 4.69) is 51.9 Å². The van der Waals surface area contributed by atoms with Gasteiger partial charge in [0.25, 0.3) is 0 Å². The van der Waals surface area contributed by atoms with Crippen LogP contribution in [-0.4, -0.2) is 29.9 Å². The largest absolute Gasteiger partial charge is 0.333 e. The van der Waals surface area contributed by atoms with E-state index in [0.717, 1.165) is 55.1 Å². The van der Waals surface area contributed by atoms with Gasteiger partial charge in [0.2, 0.25) is 5.91 Å². The molecule has 0 saturated carbocycles. The van der Waals surface area contributed by atoms with E-state index in [1.165, 1.54) is 18.1 Å². The third-order valence-electron chi connectivity index (χ3n) is 6.71. The predicted octanol–water partition coefficient (Wildman–Crippen LogP) is 5.39. The maximum absolute atomic E-state index is 12.7. The number of carbonyl (C=O) groups excluding carboxylic acids is 2. The fraction of sp³-hybridized carbons (Fsp3) is 0.286. The number of rotatable bonds is 5. The lowest BCUT2D eigenvalue weighted by molar-refractivity contribution is -0.114. The van der Waals surface area contributed by atoms with Crippen LogP contribution in [0.5, 0.6) is 0 Å². The van der Waals surface area contributed by atoms with E-state index in [0.29, 0.717) is 12.5 Å². The number of benzene rings is 3. The van der Waals surface area contributed by atoms with Gasteiger partial charge in [-0.05, 0) is 78.9 Å². The van der Waals surface area contributed by atoms with Crippen molar-refractivity contribution in [1.29, 1.82) is 0 Å². The summed E-state index contributed by atoms with van der Waals surface area (Å²) >= 11 is 0. The second-order valence-corrected chi connectivity index (χ2v) is 9.15. The number of amides is 3. The molecule has 0 unspecified atom stereocenters. The van der Waals surface area contributed by atoms with E-state index in [9.17, 15) is 9.59 Å². The lowest BCUT2D eigenvalue weighted by Crippen LogP contribution is -2.41.